The molecule has 0 N–H and O–H groups in total. The maximum atomic E-state index is 11.1. The molecule has 4 aromatic rings. The minimum absolute atomic E-state index is 0.423. The normalized spacial score (nSPS) is 10.1. The number of hydrogen-bond donors (Lipinski definition) is 1. The lowest BCUT2D eigenvalue weighted by atomic mass is 10.1. The fraction of sp³-hybridized carbons (Fsp3) is 0.0455. The zero-order chi connectivity index (χ0) is 18.4. The second-order valence-electron chi connectivity index (χ2n) is 5.55. The molecule has 0 bridgehead atoms. The molecule has 4 rings (SSSR count). The quantitative estimate of drug-likeness (QED) is 0.381. The third-order valence-corrected chi connectivity index (χ3v) is 4.07. The van der Waals surface area contributed by atoms with Gasteiger partial charge in [0.25, 0.3) is 0 Å². The Bertz CT molecular complexity index is 1000. The molecule has 0 aliphatic heterocycles. The molecular formula is C22H18O3S. The first-order valence-corrected chi connectivity index (χ1v) is 8.53. The van der Waals surface area contributed by atoms with Crippen LogP contribution in [0.5, 0.6) is 5.75 Å². The Morgan fingerprint density at radius 3 is 1.92 bits per heavy atom. The molecule has 0 spiro atoms. The standard InChI is InChI=1S/C12H10.C10H8O3S/c1-3-7-11(8-4-1)12-9-5-2-6-10-12;1-12-8-5-10(11)13-9-4-6(14)2-3-7(8)9/h1-10H;2-5,14H,1H3. The number of fused-ring (bicyclic) bond motifs is 1. The van der Waals surface area contributed by atoms with E-state index in [0.717, 1.165) is 10.3 Å². The Kier molecular flexibility index (Phi) is 5.77. The fourth-order valence-corrected chi connectivity index (χ4v) is 2.74. The van der Waals surface area contributed by atoms with Crippen molar-refractivity contribution in [1.82, 2.24) is 0 Å². The number of benzene rings is 3. The van der Waals surface area contributed by atoms with Crippen LogP contribution in [0, 0.1) is 0 Å². The second-order valence-corrected chi connectivity index (χ2v) is 6.06. The van der Waals surface area contributed by atoms with Gasteiger partial charge in [0.15, 0.2) is 0 Å². The van der Waals surface area contributed by atoms with Crippen molar-refractivity contribution in [1.29, 1.82) is 0 Å². The average molecular weight is 362 g/mol. The van der Waals surface area contributed by atoms with E-state index >= 15 is 0 Å². The highest BCUT2D eigenvalue weighted by atomic mass is 32.1. The first-order chi connectivity index (χ1) is 12.7. The Hall–Kier alpha value is -2.98. The summed E-state index contributed by atoms with van der Waals surface area (Å²) in [6.45, 7) is 0. The van der Waals surface area contributed by atoms with Crippen LogP contribution >= 0.6 is 12.6 Å². The number of ether oxygens (including phenoxy) is 1. The largest absolute Gasteiger partial charge is 0.496 e. The molecule has 4 heteroatoms. The van der Waals surface area contributed by atoms with Gasteiger partial charge in [0.05, 0.1) is 18.6 Å². The number of rotatable bonds is 2. The van der Waals surface area contributed by atoms with Gasteiger partial charge in [0.1, 0.15) is 11.3 Å². The molecule has 0 atom stereocenters. The molecular weight excluding hydrogens is 344 g/mol. The summed E-state index contributed by atoms with van der Waals surface area (Å²) in [7, 11) is 1.52. The predicted molar refractivity (Wildman–Crippen MR) is 108 cm³/mol. The van der Waals surface area contributed by atoms with E-state index in [1.807, 2.05) is 18.2 Å². The van der Waals surface area contributed by atoms with Crippen molar-refractivity contribution >= 4 is 23.6 Å². The van der Waals surface area contributed by atoms with Gasteiger partial charge in [0, 0.05) is 4.90 Å². The van der Waals surface area contributed by atoms with E-state index < -0.39 is 5.63 Å². The van der Waals surface area contributed by atoms with E-state index in [2.05, 4.69) is 61.2 Å². The Morgan fingerprint density at radius 2 is 1.38 bits per heavy atom. The van der Waals surface area contributed by atoms with E-state index in [1.54, 1.807) is 12.1 Å². The van der Waals surface area contributed by atoms with Crippen LogP contribution in [-0.2, 0) is 0 Å². The minimum atomic E-state index is -0.423. The summed E-state index contributed by atoms with van der Waals surface area (Å²) in [6.07, 6.45) is 0. The Balaban J connectivity index is 0.000000152. The van der Waals surface area contributed by atoms with Gasteiger partial charge in [-0.1, -0.05) is 60.7 Å². The number of hydrogen-bond acceptors (Lipinski definition) is 4. The Morgan fingerprint density at radius 1 is 0.808 bits per heavy atom. The summed E-state index contributed by atoms with van der Waals surface area (Å²) < 4.78 is 10.1. The third kappa shape index (κ3) is 4.35. The van der Waals surface area contributed by atoms with Gasteiger partial charge in [-0.15, -0.1) is 12.6 Å². The second kappa shape index (κ2) is 8.41. The van der Waals surface area contributed by atoms with E-state index in [4.69, 9.17) is 9.15 Å². The zero-order valence-electron chi connectivity index (χ0n) is 14.3. The molecule has 1 aromatic heterocycles. The molecule has 0 amide bonds. The lowest BCUT2D eigenvalue weighted by Crippen LogP contribution is -1.98. The highest BCUT2D eigenvalue weighted by Crippen LogP contribution is 2.25. The molecule has 1 heterocycles. The van der Waals surface area contributed by atoms with E-state index in [9.17, 15) is 4.79 Å². The predicted octanol–water partition coefficient (Wildman–Crippen LogP) is 5.44. The smallest absolute Gasteiger partial charge is 0.339 e. The first-order valence-electron chi connectivity index (χ1n) is 8.09. The average Bonchev–Trinajstić information content (AvgIpc) is 2.69. The van der Waals surface area contributed by atoms with Crippen molar-refractivity contribution in [2.45, 2.75) is 4.90 Å². The van der Waals surface area contributed by atoms with E-state index in [-0.39, 0.29) is 0 Å². The van der Waals surface area contributed by atoms with Gasteiger partial charge in [-0.2, -0.15) is 0 Å². The molecule has 26 heavy (non-hydrogen) atoms. The van der Waals surface area contributed by atoms with E-state index in [1.165, 1.54) is 24.3 Å². The van der Waals surface area contributed by atoms with Crippen LogP contribution in [0.2, 0.25) is 0 Å². The van der Waals surface area contributed by atoms with Gasteiger partial charge in [-0.05, 0) is 29.3 Å². The van der Waals surface area contributed by atoms with Gasteiger partial charge >= 0.3 is 5.63 Å². The molecule has 0 unspecified atom stereocenters. The van der Waals surface area contributed by atoms with Crippen molar-refractivity contribution < 1.29 is 9.15 Å². The number of methoxy groups -OCH3 is 1. The molecule has 0 saturated carbocycles. The van der Waals surface area contributed by atoms with Crippen molar-refractivity contribution in [2.75, 3.05) is 7.11 Å². The zero-order valence-corrected chi connectivity index (χ0v) is 15.1. The molecule has 0 aliphatic rings. The number of thiol groups is 1. The summed E-state index contributed by atoms with van der Waals surface area (Å²) in [5.41, 5.74) is 2.62. The van der Waals surface area contributed by atoms with Crippen LogP contribution in [0.1, 0.15) is 0 Å². The van der Waals surface area contributed by atoms with Crippen LogP contribution in [0.25, 0.3) is 22.1 Å². The van der Waals surface area contributed by atoms with Crippen molar-refractivity contribution in [3.8, 4) is 16.9 Å². The summed E-state index contributed by atoms with van der Waals surface area (Å²) in [4.78, 5) is 11.8. The summed E-state index contributed by atoms with van der Waals surface area (Å²) >= 11 is 4.16. The van der Waals surface area contributed by atoms with Gasteiger partial charge in [0.2, 0.25) is 0 Å². The molecule has 0 saturated heterocycles. The monoisotopic (exact) mass is 362 g/mol. The van der Waals surface area contributed by atoms with Crippen molar-refractivity contribution in [2.24, 2.45) is 0 Å². The molecule has 0 aliphatic carbocycles. The topological polar surface area (TPSA) is 39.4 Å². The first kappa shape index (κ1) is 17.8. The van der Waals surface area contributed by atoms with Crippen LogP contribution in [0.15, 0.2) is 99.0 Å². The fourth-order valence-electron chi connectivity index (χ4n) is 2.55. The molecule has 0 radical (unpaired) electrons. The Labute approximate surface area is 157 Å². The SMILES string of the molecule is COc1cc(=O)oc2cc(S)ccc12.c1ccc(-c2ccccc2)cc1. The minimum Gasteiger partial charge on any atom is -0.496 e. The van der Waals surface area contributed by atoms with Gasteiger partial charge in [-0.3, -0.25) is 0 Å². The lowest BCUT2D eigenvalue weighted by molar-refractivity contribution is 0.413. The molecule has 0 fully saturated rings. The van der Waals surface area contributed by atoms with Gasteiger partial charge in [-0.25, -0.2) is 4.79 Å². The highest BCUT2D eigenvalue weighted by Gasteiger charge is 2.05. The van der Waals surface area contributed by atoms with E-state index in [0.29, 0.717) is 11.3 Å². The third-order valence-electron chi connectivity index (χ3n) is 3.79. The summed E-state index contributed by atoms with van der Waals surface area (Å²) in [5, 5.41) is 0.768. The van der Waals surface area contributed by atoms with Crippen LogP contribution in [-0.4, -0.2) is 7.11 Å². The lowest BCUT2D eigenvalue weighted by Gasteiger charge is -2.03. The maximum absolute atomic E-state index is 11.1. The molecule has 3 aromatic carbocycles. The van der Waals surface area contributed by atoms with Crippen LogP contribution < -0.4 is 10.4 Å². The highest BCUT2D eigenvalue weighted by molar-refractivity contribution is 7.80. The molecule has 130 valence electrons. The van der Waals surface area contributed by atoms with Crippen molar-refractivity contribution in [3.63, 3.8) is 0 Å². The summed E-state index contributed by atoms with van der Waals surface area (Å²) in [5.74, 6) is 0.518. The van der Waals surface area contributed by atoms with Crippen LogP contribution in [0.4, 0.5) is 0 Å². The summed E-state index contributed by atoms with van der Waals surface area (Å²) in [6, 6.07) is 27.4. The maximum Gasteiger partial charge on any atom is 0.339 e. The van der Waals surface area contributed by atoms with Crippen molar-refractivity contribution in [3.05, 3.63) is 95.3 Å². The van der Waals surface area contributed by atoms with Gasteiger partial charge < -0.3 is 9.15 Å². The molecule has 3 nitrogen and oxygen atoms in total. The van der Waals surface area contributed by atoms with Crippen LogP contribution in [0.3, 0.4) is 0 Å².